The van der Waals surface area contributed by atoms with Crippen LogP contribution in [0.2, 0.25) is 0 Å². The van der Waals surface area contributed by atoms with Gasteiger partial charge in [0.15, 0.2) is 0 Å². The highest BCUT2D eigenvalue weighted by atomic mass is 35.7. The third kappa shape index (κ3) is 8.86. The molecule has 0 aromatic heterocycles. The van der Waals surface area contributed by atoms with Gasteiger partial charge in [0.2, 0.25) is 9.05 Å². The molecule has 0 saturated carbocycles. The van der Waals surface area contributed by atoms with Crippen LogP contribution in [0, 0.1) is 5.92 Å². The predicted molar refractivity (Wildman–Crippen MR) is 75.0 cm³/mol. The van der Waals surface area contributed by atoms with Crippen LogP contribution < -0.4 is 0 Å². The molecule has 0 unspecified atom stereocenters. The second-order valence-corrected chi connectivity index (χ2v) is 7.85. The summed E-state index contributed by atoms with van der Waals surface area (Å²) in [5.74, 6) is 0.673. The fourth-order valence-corrected chi connectivity index (χ4v) is 2.94. The molecular weight excluding hydrogens is 258 g/mol. The zero-order valence-corrected chi connectivity index (χ0v) is 13.0. The van der Waals surface area contributed by atoms with Crippen LogP contribution in [-0.4, -0.2) is 38.2 Å². The van der Waals surface area contributed by atoms with Gasteiger partial charge in [0.1, 0.15) is 0 Å². The molecule has 17 heavy (non-hydrogen) atoms. The van der Waals surface area contributed by atoms with Crippen molar-refractivity contribution in [1.82, 2.24) is 4.90 Å². The van der Waals surface area contributed by atoms with Gasteiger partial charge in [0, 0.05) is 23.3 Å². The summed E-state index contributed by atoms with van der Waals surface area (Å²) in [4.78, 5) is 2.40. The highest BCUT2D eigenvalue weighted by molar-refractivity contribution is 8.13. The van der Waals surface area contributed by atoms with Crippen molar-refractivity contribution in [3.8, 4) is 0 Å². The van der Waals surface area contributed by atoms with Gasteiger partial charge in [0.05, 0.1) is 5.75 Å². The average Bonchev–Trinajstić information content (AvgIpc) is 2.16. The maximum Gasteiger partial charge on any atom is 0.232 e. The Balaban J connectivity index is 4.28. The standard InChI is InChI=1S/C12H26ClNO2S/c1-5-12(6-2)14(10-11(3)4)8-7-9-17(13,15)16/h11-12H,5-10H2,1-4H3. The molecule has 0 aliphatic carbocycles. The van der Waals surface area contributed by atoms with Gasteiger partial charge in [-0.1, -0.05) is 27.7 Å². The fourth-order valence-electron chi connectivity index (χ4n) is 2.14. The van der Waals surface area contributed by atoms with Gasteiger partial charge < -0.3 is 4.90 Å². The van der Waals surface area contributed by atoms with Gasteiger partial charge in [-0.3, -0.25) is 0 Å². The highest BCUT2D eigenvalue weighted by Crippen LogP contribution is 2.12. The lowest BCUT2D eigenvalue weighted by molar-refractivity contribution is 0.166. The molecule has 0 fully saturated rings. The molecule has 0 heterocycles. The molecule has 0 aliphatic rings. The monoisotopic (exact) mass is 283 g/mol. The Hall–Kier alpha value is 0.200. The zero-order chi connectivity index (χ0) is 13.5. The van der Waals surface area contributed by atoms with Gasteiger partial charge in [-0.05, 0) is 31.7 Å². The Kier molecular flexibility index (Phi) is 8.43. The van der Waals surface area contributed by atoms with Gasteiger partial charge in [-0.25, -0.2) is 8.42 Å². The first-order valence-electron chi connectivity index (χ1n) is 6.46. The second kappa shape index (κ2) is 8.33. The van der Waals surface area contributed by atoms with E-state index in [4.69, 9.17) is 10.7 Å². The van der Waals surface area contributed by atoms with E-state index >= 15 is 0 Å². The highest BCUT2D eigenvalue weighted by Gasteiger charge is 2.16. The first-order valence-corrected chi connectivity index (χ1v) is 8.94. The maximum absolute atomic E-state index is 10.9. The second-order valence-electron chi connectivity index (χ2n) is 4.96. The van der Waals surface area contributed by atoms with E-state index in [1.165, 1.54) is 0 Å². The largest absolute Gasteiger partial charge is 0.300 e. The fraction of sp³-hybridized carbons (Fsp3) is 1.00. The molecule has 0 aromatic carbocycles. The van der Waals surface area contributed by atoms with Crippen LogP contribution in [0.15, 0.2) is 0 Å². The van der Waals surface area contributed by atoms with E-state index in [1.807, 2.05) is 0 Å². The molecule has 3 nitrogen and oxygen atoms in total. The molecule has 5 heteroatoms. The Morgan fingerprint density at radius 1 is 1.18 bits per heavy atom. The van der Waals surface area contributed by atoms with Crippen LogP contribution in [0.1, 0.15) is 47.0 Å². The van der Waals surface area contributed by atoms with Crippen molar-refractivity contribution in [1.29, 1.82) is 0 Å². The summed E-state index contributed by atoms with van der Waals surface area (Å²) >= 11 is 0. The lowest BCUT2D eigenvalue weighted by Crippen LogP contribution is -2.38. The van der Waals surface area contributed by atoms with E-state index < -0.39 is 9.05 Å². The minimum absolute atomic E-state index is 0.0727. The topological polar surface area (TPSA) is 37.4 Å². The Bertz CT molecular complexity index is 287. The van der Waals surface area contributed by atoms with Crippen LogP contribution in [0.3, 0.4) is 0 Å². The predicted octanol–water partition coefficient (Wildman–Crippen LogP) is 3.09. The van der Waals surface area contributed by atoms with Crippen molar-refractivity contribution < 1.29 is 8.42 Å². The van der Waals surface area contributed by atoms with E-state index in [9.17, 15) is 8.42 Å². The average molecular weight is 284 g/mol. The first-order chi connectivity index (χ1) is 7.80. The van der Waals surface area contributed by atoms with Crippen molar-refractivity contribution in [2.45, 2.75) is 53.0 Å². The van der Waals surface area contributed by atoms with E-state index in [1.54, 1.807) is 0 Å². The zero-order valence-electron chi connectivity index (χ0n) is 11.4. The summed E-state index contributed by atoms with van der Waals surface area (Å²) in [6.07, 6.45) is 2.84. The van der Waals surface area contributed by atoms with Crippen LogP contribution in [0.25, 0.3) is 0 Å². The normalized spacial score (nSPS) is 12.9. The van der Waals surface area contributed by atoms with Gasteiger partial charge >= 0.3 is 0 Å². The third-order valence-electron chi connectivity index (χ3n) is 2.89. The molecule has 0 aliphatic heterocycles. The minimum Gasteiger partial charge on any atom is -0.300 e. The third-order valence-corrected chi connectivity index (χ3v) is 4.13. The molecule has 0 bridgehead atoms. The van der Waals surface area contributed by atoms with Gasteiger partial charge in [0.25, 0.3) is 0 Å². The van der Waals surface area contributed by atoms with Crippen LogP contribution in [0.5, 0.6) is 0 Å². The SMILES string of the molecule is CCC(CC)N(CCCS(=O)(=O)Cl)CC(C)C. The molecule has 0 spiro atoms. The van der Waals surface area contributed by atoms with E-state index in [0.717, 1.165) is 25.9 Å². The minimum atomic E-state index is -3.34. The molecule has 0 aromatic rings. The van der Waals surface area contributed by atoms with E-state index in [0.29, 0.717) is 18.4 Å². The molecule has 0 rings (SSSR count). The molecule has 0 amide bonds. The number of rotatable bonds is 9. The first kappa shape index (κ1) is 17.2. The van der Waals surface area contributed by atoms with Crippen molar-refractivity contribution in [3.63, 3.8) is 0 Å². The molecule has 0 N–H and O–H groups in total. The summed E-state index contributed by atoms with van der Waals surface area (Å²) in [5.41, 5.74) is 0. The van der Waals surface area contributed by atoms with E-state index in [-0.39, 0.29) is 5.75 Å². The van der Waals surface area contributed by atoms with Crippen LogP contribution in [0.4, 0.5) is 0 Å². The lowest BCUT2D eigenvalue weighted by atomic mass is 10.1. The Labute approximate surface area is 111 Å². The van der Waals surface area contributed by atoms with Crippen molar-refractivity contribution in [2.24, 2.45) is 5.92 Å². The quantitative estimate of drug-likeness (QED) is 0.610. The summed E-state index contributed by atoms with van der Waals surface area (Å²) in [7, 11) is 1.88. The number of halogens is 1. The molecular formula is C12H26ClNO2S. The molecule has 0 radical (unpaired) electrons. The Morgan fingerprint density at radius 3 is 2.06 bits per heavy atom. The van der Waals surface area contributed by atoms with E-state index in [2.05, 4.69) is 32.6 Å². The van der Waals surface area contributed by atoms with Crippen molar-refractivity contribution >= 4 is 19.7 Å². The number of nitrogens with zero attached hydrogens (tertiary/aromatic N) is 1. The summed E-state index contributed by atoms with van der Waals surface area (Å²) in [5, 5.41) is 0. The van der Waals surface area contributed by atoms with Crippen LogP contribution in [-0.2, 0) is 9.05 Å². The maximum atomic E-state index is 10.9. The van der Waals surface area contributed by atoms with Crippen molar-refractivity contribution in [2.75, 3.05) is 18.8 Å². The van der Waals surface area contributed by atoms with Crippen LogP contribution >= 0.6 is 10.7 Å². The smallest absolute Gasteiger partial charge is 0.232 e. The molecule has 104 valence electrons. The molecule has 0 atom stereocenters. The molecule has 0 saturated heterocycles. The van der Waals surface area contributed by atoms with Crippen molar-refractivity contribution in [3.05, 3.63) is 0 Å². The lowest BCUT2D eigenvalue weighted by Gasteiger charge is -2.31. The Morgan fingerprint density at radius 2 is 1.71 bits per heavy atom. The number of hydrogen-bond donors (Lipinski definition) is 0. The van der Waals surface area contributed by atoms with Gasteiger partial charge in [-0.15, -0.1) is 0 Å². The summed E-state index contributed by atoms with van der Waals surface area (Å²) < 4.78 is 21.8. The van der Waals surface area contributed by atoms with Gasteiger partial charge in [-0.2, -0.15) is 0 Å². The summed E-state index contributed by atoms with van der Waals surface area (Å²) in [6.45, 7) is 10.6. The summed E-state index contributed by atoms with van der Waals surface area (Å²) in [6, 6.07) is 0.551. The number of hydrogen-bond acceptors (Lipinski definition) is 3.